The quantitative estimate of drug-likeness (QED) is 0.857. The summed E-state index contributed by atoms with van der Waals surface area (Å²) in [5.41, 5.74) is 2.21. The molecule has 1 N–H and O–H groups in total. The van der Waals surface area contributed by atoms with Crippen molar-refractivity contribution < 1.29 is 4.39 Å². The number of hydrogen-bond donors (Lipinski definition) is 1. The fraction of sp³-hybridized carbons (Fsp3) is 0.308. The minimum Gasteiger partial charge on any atom is -0.329 e. The second-order valence-corrected chi connectivity index (χ2v) is 3.92. The molecule has 0 aliphatic rings. The van der Waals surface area contributed by atoms with Gasteiger partial charge in [-0.25, -0.2) is 9.37 Å². The van der Waals surface area contributed by atoms with Gasteiger partial charge in [0.15, 0.2) is 0 Å². The van der Waals surface area contributed by atoms with Crippen LogP contribution in [0.25, 0.3) is 0 Å². The van der Waals surface area contributed by atoms with Gasteiger partial charge in [-0.05, 0) is 24.2 Å². The van der Waals surface area contributed by atoms with Gasteiger partial charge in [0.05, 0.1) is 12.0 Å². The summed E-state index contributed by atoms with van der Waals surface area (Å²) in [6.07, 6.45) is 3.65. The molecule has 0 amide bonds. The monoisotopic (exact) mass is 233 g/mol. The molecule has 0 radical (unpaired) electrons. The van der Waals surface area contributed by atoms with Crippen molar-refractivity contribution >= 4 is 0 Å². The molecule has 0 bridgehead atoms. The van der Waals surface area contributed by atoms with Gasteiger partial charge in [0, 0.05) is 19.3 Å². The molecule has 17 heavy (non-hydrogen) atoms. The van der Waals surface area contributed by atoms with E-state index in [0.29, 0.717) is 0 Å². The van der Waals surface area contributed by atoms with Crippen LogP contribution in [0.3, 0.4) is 0 Å². The molecule has 1 aromatic carbocycles. The third-order valence-corrected chi connectivity index (χ3v) is 2.62. The lowest BCUT2D eigenvalue weighted by Gasteiger charge is -2.08. The van der Waals surface area contributed by atoms with E-state index in [2.05, 4.69) is 21.8 Å². The zero-order valence-corrected chi connectivity index (χ0v) is 9.86. The predicted molar refractivity (Wildman–Crippen MR) is 65.1 cm³/mol. The largest absolute Gasteiger partial charge is 0.329 e. The van der Waals surface area contributed by atoms with Crippen LogP contribution < -0.4 is 5.32 Å². The number of halogens is 1. The number of nitrogens with zero attached hydrogens (tertiary/aromatic N) is 2. The van der Waals surface area contributed by atoms with Gasteiger partial charge in [0.2, 0.25) is 0 Å². The Balaban J connectivity index is 2.07. The van der Waals surface area contributed by atoms with Gasteiger partial charge < -0.3 is 9.88 Å². The van der Waals surface area contributed by atoms with Gasteiger partial charge in [-0.1, -0.05) is 19.1 Å². The molecular formula is C13H16FN3. The van der Waals surface area contributed by atoms with Gasteiger partial charge in [-0.15, -0.1) is 0 Å². The Kier molecular flexibility index (Phi) is 3.88. The number of benzene rings is 1. The van der Waals surface area contributed by atoms with E-state index >= 15 is 0 Å². The molecule has 90 valence electrons. The molecule has 0 unspecified atom stereocenters. The molecule has 2 aromatic rings. The number of rotatable bonds is 5. The lowest BCUT2D eigenvalue weighted by atomic mass is 10.2. The second kappa shape index (κ2) is 5.59. The zero-order valence-electron chi connectivity index (χ0n) is 9.86. The highest BCUT2D eigenvalue weighted by Crippen LogP contribution is 2.07. The third-order valence-electron chi connectivity index (χ3n) is 2.62. The van der Waals surface area contributed by atoms with Crippen LogP contribution in [0.5, 0.6) is 0 Å². The second-order valence-electron chi connectivity index (χ2n) is 3.92. The lowest BCUT2D eigenvalue weighted by molar-refractivity contribution is 0.624. The van der Waals surface area contributed by atoms with Crippen LogP contribution in [0.1, 0.15) is 18.2 Å². The van der Waals surface area contributed by atoms with E-state index in [4.69, 9.17) is 0 Å². The predicted octanol–water partition coefficient (Wildman–Crippen LogP) is 2.18. The zero-order chi connectivity index (χ0) is 12.1. The molecule has 0 aliphatic heterocycles. The SMILES string of the molecule is CCNCc1cncn1Cc1ccc(F)cc1. The molecule has 0 aliphatic carbocycles. The molecule has 2 rings (SSSR count). The summed E-state index contributed by atoms with van der Waals surface area (Å²) < 4.78 is 14.8. The molecule has 0 atom stereocenters. The number of hydrogen-bond acceptors (Lipinski definition) is 2. The van der Waals surface area contributed by atoms with E-state index in [9.17, 15) is 4.39 Å². The summed E-state index contributed by atoms with van der Waals surface area (Å²) in [5.74, 6) is -0.202. The van der Waals surface area contributed by atoms with Gasteiger partial charge in [-0.2, -0.15) is 0 Å². The van der Waals surface area contributed by atoms with Crippen LogP contribution in [-0.4, -0.2) is 16.1 Å². The van der Waals surface area contributed by atoms with Crippen LogP contribution in [0, 0.1) is 5.82 Å². The van der Waals surface area contributed by atoms with E-state index in [0.717, 1.165) is 30.9 Å². The molecular weight excluding hydrogens is 217 g/mol. The van der Waals surface area contributed by atoms with E-state index in [-0.39, 0.29) is 5.82 Å². The molecule has 0 spiro atoms. The van der Waals surface area contributed by atoms with E-state index < -0.39 is 0 Å². The Labute approximate surface area is 100 Å². The Morgan fingerprint density at radius 3 is 2.76 bits per heavy atom. The van der Waals surface area contributed by atoms with Crippen molar-refractivity contribution in [3.63, 3.8) is 0 Å². The average Bonchev–Trinajstić information content (AvgIpc) is 2.77. The highest BCUT2D eigenvalue weighted by atomic mass is 19.1. The molecule has 1 aromatic heterocycles. The first-order chi connectivity index (χ1) is 8.29. The van der Waals surface area contributed by atoms with Gasteiger partial charge in [0.25, 0.3) is 0 Å². The Morgan fingerprint density at radius 1 is 1.29 bits per heavy atom. The Morgan fingerprint density at radius 2 is 2.06 bits per heavy atom. The minimum absolute atomic E-state index is 0.202. The summed E-state index contributed by atoms with van der Waals surface area (Å²) >= 11 is 0. The first-order valence-electron chi connectivity index (χ1n) is 5.73. The summed E-state index contributed by atoms with van der Waals surface area (Å²) in [6, 6.07) is 6.56. The van der Waals surface area contributed by atoms with Crippen LogP contribution in [-0.2, 0) is 13.1 Å². The van der Waals surface area contributed by atoms with Gasteiger partial charge >= 0.3 is 0 Å². The fourth-order valence-electron chi connectivity index (χ4n) is 1.68. The van der Waals surface area contributed by atoms with E-state index in [1.54, 1.807) is 18.5 Å². The Bertz CT molecular complexity index is 462. The number of aromatic nitrogens is 2. The maximum atomic E-state index is 12.8. The van der Waals surface area contributed by atoms with Crippen LogP contribution in [0.2, 0.25) is 0 Å². The molecule has 0 saturated carbocycles. The Hall–Kier alpha value is -1.68. The average molecular weight is 233 g/mol. The van der Waals surface area contributed by atoms with Crippen LogP contribution >= 0.6 is 0 Å². The first kappa shape index (κ1) is 11.8. The third kappa shape index (κ3) is 3.14. The van der Waals surface area contributed by atoms with Crippen LogP contribution in [0.4, 0.5) is 4.39 Å². The standard InChI is InChI=1S/C13H16FN3/c1-2-15-7-13-8-16-10-17(13)9-11-3-5-12(14)6-4-11/h3-6,8,10,15H,2,7,9H2,1H3. The van der Waals surface area contributed by atoms with Crippen molar-refractivity contribution in [2.24, 2.45) is 0 Å². The molecule has 3 nitrogen and oxygen atoms in total. The summed E-state index contributed by atoms with van der Waals surface area (Å²) in [7, 11) is 0. The molecule has 0 fully saturated rings. The summed E-state index contributed by atoms with van der Waals surface area (Å²) in [6.45, 7) is 4.53. The summed E-state index contributed by atoms with van der Waals surface area (Å²) in [4.78, 5) is 4.14. The lowest BCUT2D eigenvalue weighted by Crippen LogP contribution is -2.15. The van der Waals surface area contributed by atoms with Gasteiger partial charge in [0.1, 0.15) is 5.82 Å². The molecule has 0 saturated heterocycles. The van der Waals surface area contributed by atoms with Crippen molar-refractivity contribution in [3.8, 4) is 0 Å². The van der Waals surface area contributed by atoms with Crippen LogP contribution in [0.15, 0.2) is 36.8 Å². The first-order valence-corrected chi connectivity index (χ1v) is 5.73. The molecule has 4 heteroatoms. The van der Waals surface area contributed by atoms with Crippen molar-refractivity contribution in [2.75, 3.05) is 6.54 Å². The van der Waals surface area contributed by atoms with Crippen molar-refractivity contribution in [1.29, 1.82) is 0 Å². The normalized spacial score (nSPS) is 10.7. The van der Waals surface area contributed by atoms with Crippen molar-refractivity contribution in [2.45, 2.75) is 20.0 Å². The van der Waals surface area contributed by atoms with Crippen molar-refractivity contribution in [1.82, 2.24) is 14.9 Å². The maximum Gasteiger partial charge on any atom is 0.123 e. The van der Waals surface area contributed by atoms with Gasteiger partial charge in [-0.3, -0.25) is 0 Å². The fourth-order valence-corrected chi connectivity index (χ4v) is 1.68. The van der Waals surface area contributed by atoms with E-state index in [1.807, 2.05) is 6.20 Å². The maximum absolute atomic E-state index is 12.8. The molecule has 1 heterocycles. The van der Waals surface area contributed by atoms with E-state index in [1.165, 1.54) is 12.1 Å². The summed E-state index contributed by atoms with van der Waals surface area (Å²) in [5, 5.41) is 3.27. The highest BCUT2D eigenvalue weighted by molar-refractivity contribution is 5.17. The smallest absolute Gasteiger partial charge is 0.123 e. The highest BCUT2D eigenvalue weighted by Gasteiger charge is 2.02. The number of nitrogens with one attached hydrogen (secondary N) is 1. The minimum atomic E-state index is -0.202. The number of imidazole rings is 1. The topological polar surface area (TPSA) is 29.9 Å². The van der Waals surface area contributed by atoms with Crippen molar-refractivity contribution in [3.05, 3.63) is 53.9 Å².